The fourth-order valence-electron chi connectivity index (χ4n) is 2.28. The van der Waals surface area contributed by atoms with Crippen molar-refractivity contribution in [2.75, 3.05) is 6.61 Å². The maximum absolute atomic E-state index is 12.3. The van der Waals surface area contributed by atoms with Crippen LogP contribution in [0.4, 0.5) is 0 Å². The van der Waals surface area contributed by atoms with Crippen LogP contribution in [0.2, 0.25) is 0 Å². The van der Waals surface area contributed by atoms with Gasteiger partial charge >= 0.3 is 5.97 Å². The van der Waals surface area contributed by atoms with Crippen molar-refractivity contribution in [3.8, 4) is 0 Å². The molecule has 9 nitrogen and oxygen atoms in total. The van der Waals surface area contributed by atoms with E-state index in [0.717, 1.165) is 4.68 Å². The van der Waals surface area contributed by atoms with Crippen molar-refractivity contribution in [1.29, 1.82) is 0 Å². The predicted molar refractivity (Wildman–Crippen MR) is 97.2 cm³/mol. The quantitative estimate of drug-likeness (QED) is 0.501. The van der Waals surface area contributed by atoms with Crippen molar-refractivity contribution in [3.63, 3.8) is 0 Å². The van der Waals surface area contributed by atoms with Gasteiger partial charge in [-0.1, -0.05) is 24.3 Å². The molecule has 0 saturated carbocycles. The van der Waals surface area contributed by atoms with E-state index in [2.05, 4.69) is 16.0 Å². The number of carbonyl (C=O) groups excluding carboxylic acids is 3. The fourth-order valence-corrected chi connectivity index (χ4v) is 2.90. The van der Waals surface area contributed by atoms with Crippen LogP contribution >= 0.6 is 11.3 Å². The Morgan fingerprint density at radius 3 is 2.56 bits per heavy atom. The molecule has 10 heteroatoms. The van der Waals surface area contributed by atoms with Crippen molar-refractivity contribution in [2.45, 2.75) is 0 Å². The largest absolute Gasteiger partial charge is 0.451 e. The third-order valence-electron chi connectivity index (χ3n) is 3.54. The lowest BCUT2D eigenvalue weighted by Gasteiger charge is -2.09. The van der Waals surface area contributed by atoms with Crippen molar-refractivity contribution < 1.29 is 19.1 Å². The zero-order valence-electron chi connectivity index (χ0n) is 14.1. The first kappa shape index (κ1) is 18.3. The molecule has 2 heterocycles. The third kappa shape index (κ3) is 4.01. The molecule has 0 aliphatic heterocycles. The van der Waals surface area contributed by atoms with Gasteiger partial charge in [-0.3, -0.25) is 25.2 Å². The third-order valence-corrected chi connectivity index (χ3v) is 4.41. The average Bonchev–Trinajstić information content (AvgIpc) is 3.22. The molecule has 27 heavy (non-hydrogen) atoms. The summed E-state index contributed by atoms with van der Waals surface area (Å²) in [6, 6.07) is 9.77. The Morgan fingerprint density at radius 2 is 1.85 bits per heavy atom. The van der Waals surface area contributed by atoms with Crippen LogP contribution in [0.5, 0.6) is 0 Å². The summed E-state index contributed by atoms with van der Waals surface area (Å²) in [5.74, 6) is -2.06. The number of hydrogen-bond donors (Lipinski definition) is 2. The molecule has 0 atom stereocenters. The summed E-state index contributed by atoms with van der Waals surface area (Å²) in [4.78, 5) is 48.3. The number of amides is 2. The molecule has 3 aromatic rings. The second-order valence-corrected chi connectivity index (χ2v) is 6.33. The second-order valence-electron chi connectivity index (χ2n) is 5.38. The Hall–Kier alpha value is -3.53. The van der Waals surface area contributed by atoms with E-state index in [-0.39, 0.29) is 11.3 Å². The van der Waals surface area contributed by atoms with Gasteiger partial charge in [0.25, 0.3) is 17.4 Å². The monoisotopic (exact) mass is 386 g/mol. The number of hydrogen-bond acceptors (Lipinski definition) is 7. The van der Waals surface area contributed by atoms with Gasteiger partial charge in [0.1, 0.15) is 0 Å². The number of nitrogens with zero attached hydrogens (tertiary/aromatic N) is 2. The summed E-state index contributed by atoms with van der Waals surface area (Å²) in [7, 11) is 1.42. The number of fused-ring (bicyclic) bond motifs is 1. The summed E-state index contributed by atoms with van der Waals surface area (Å²) >= 11 is 1.22. The highest BCUT2D eigenvalue weighted by Crippen LogP contribution is 2.13. The van der Waals surface area contributed by atoms with E-state index < -0.39 is 24.4 Å². The molecule has 138 valence electrons. The SMILES string of the molecule is Cn1nc(C(=O)OCC(=O)NNC(=O)c2cccs2)c2ccccc2c1=O. The molecule has 0 radical (unpaired) electrons. The van der Waals surface area contributed by atoms with Crippen molar-refractivity contribution in [3.05, 3.63) is 62.7 Å². The number of ether oxygens (including phenoxy) is 1. The molecular weight excluding hydrogens is 372 g/mol. The van der Waals surface area contributed by atoms with Crippen molar-refractivity contribution in [1.82, 2.24) is 20.6 Å². The first-order valence-corrected chi connectivity index (χ1v) is 8.61. The van der Waals surface area contributed by atoms with E-state index in [4.69, 9.17) is 4.74 Å². The van der Waals surface area contributed by atoms with Gasteiger partial charge < -0.3 is 4.74 Å². The van der Waals surface area contributed by atoms with E-state index in [1.165, 1.54) is 18.4 Å². The molecule has 3 rings (SSSR count). The minimum absolute atomic E-state index is 0.0804. The molecule has 0 bridgehead atoms. The van der Waals surface area contributed by atoms with Crippen LogP contribution in [-0.2, 0) is 16.6 Å². The van der Waals surface area contributed by atoms with Crippen LogP contribution in [0.25, 0.3) is 10.8 Å². The molecule has 2 aromatic heterocycles. The number of carbonyl (C=O) groups is 3. The molecule has 0 aliphatic carbocycles. The second kappa shape index (κ2) is 7.79. The first-order valence-electron chi connectivity index (χ1n) is 7.73. The molecule has 0 fully saturated rings. The number of nitrogens with one attached hydrogen (secondary N) is 2. The van der Waals surface area contributed by atoms with E-state index in [1.54, 1.807) is 41.8 Å². The van der Waals surface area contributed by atoms with E-state index in [1.807, 2.05) is 0 Å². The van der Waals surface area contributed by atoms with Crippen molar-refractivity contribution in [2.24, 2.45) is 7.05 Å². The van der Waals surface area contributed by atoms with Gasteiger partial charge in [0.05, 0.1) is 10.3 Å². The Morgan fingerprint density at radius 1 is 1.11 bits per heavy atom. The van der Waals surface area contributed by atoms with Crippen LogP contribution in [0, 0.1) is 0 Å². The predicted octanol–water partition coefficient (Wildman–Crippen LogP) is 0.613. The van der Waals surface area contributed by atoms with Crippen LogP contribution in [0.1, 0.15) is 20.2 Å². The molecule has 0 spiro atoms. The van der Waals surface area contributed by atoms with Gasteiger partial charge in [0, 0.05) is 12.4 Å². The lowest BCUT2D eigenvalue weighted by molar-refractivity contribution is -0.125. The molecule has 2 N–H and O–H groups in total. The number of esters is 1. The smallest absolute Gasteiger partial charge is 0.359 e. The number of hydrazine groups is 1. The summed E-state index contributed by atoms with van der Waals surface area (Å²) in [5.41, 5.74) is 3.93. The minimum atomic E-state index is -0.860. The topological polar surface area (TPSA) is 119 Å². The minimum Gasteiger partial charge on any atom is -0.451 e. The summed E-state index contributed by atoms with van der Waals surface area (Å²) in [6.07, 6.45) is 0. The lowest BCUT2D eigenvalue weighted by Crippen LogP contribution is -2.43. The fraction of sp³-hybridized carbons (Fsp3) is 0.118. The van der Waals surface area contributed by atoms with Gasteiger partial charge in [-0.2, -0.15) is 5.10 Å². The number of rotatable bonds is 4. The van der Waals surface area contributed by atoms with E-state index in [9.17, 15) is 19.2 Å². The van der Waals surface area contributed by atoms with Gasteiger partial charge in [0.2, 0.25) is 0 Å². The van der Waals surface area contributed by atoms with Crippen LogP contribution in [-0.4, -0.2) is 34.2 Å². The molecule has 0 saturated heterocycles. The van der Waals surface area contributed by atoms with Gasteiger partial charge in [-0.05, 0) is 17.5 Å². The summed E-state index contributed by atoms with van der Waals surface area (Å²) in [6.45, 7) is -0.623. The molecule has 2 amide bonds. The van der Waals surface area contributed by atoms with Crippen LogP contribution in [0.3, 0.4) is 0 Å². The Kier molecular flexibility index (Phi) is 5.27. The van der Waals surface area contributed by atoms with E-state index in [0.29, 0.717) is 15.6 Å². The number of thiophene rings is 1. The highest BCUT2D eigenvalue weighted by molar-refractivity contribution is 7.12. The number of benzene rings is 1. The van der Waals surface area contributed by atoms with Crippen molar-refractivity contribution >= 4 is 39.9 Å². The molecular formula is C17H14N4O5S. The van der Waals surface area contributed by atoms with Gasteiger partial charge in [-0.25, -0.2) is 9.48 Å². The standard InChI is InChI=1S/C17H14N4O5S/c1-21-16(24)11-6-3-2-5-10(11)14(20-21)17(25)26-9-13(22)18-19-15(23)12-7-4-8-27-12/h2-8H,9H2,1H3,(H,18,22)(H,19,23). The molecule has 0 aliphatic rings. The molecule has 1 aromatic carbocycles. The van der Waals surface area contributed by atoms with Gasteiger partial charge in [-0.15, -0.1) is 11.3 Å². The van der Waals surface area contributed by atoms with Gasteiger partial charge in [0.15, 0.2) is 12.3 Å². The Labute approximate surface area is 156 Å². The first-order chi connectivity index (χ1) is 13.0. The number of aromatic nitrogens is 2. The van der Waals surface area contributed by atoms with Crippen LogP contribution < -0.4 is 16.4 Å². The highest BCUT2D eigenvalue weighted by atomic mass is 32.1. The van der Waals surface area contributed by atoms with Crippen LogP contribution in [0.15, 0.2) is 46.6 Å². The summed E-state index contributed by atoms with van der Waals surface area (Å²) in [5, 5.41) is 6.29. The van der Waals surface area contributed by atoms with E-state index >= 15 is 0 Å². The number of aryl methyl sites for hydroxylation is 1. The normalized spacial score (nSPS) is 10.4. The lowest BCUT2D eigenvalue weighted by atomic mass is 10.1. The maximum atomic E-state index is 12.3. The zero-order chi connectivity index (χ0) is 19.4. The average molecular weight is 386 g/mol. The highest BCUT2D eigenvalue weighted by Gasteiger charge is 2.18. The Balaban J connectivity index is 1.63. The maximum Gasteiger partial charge on any atom is 0.359 e. The zero-order valence-corrected chi connectivity index (χ0v) is 14.9. The summed E-state index contributed by atoms with van der Waals surface area (Å²) < 4.78 is 5.97. The molecule has 0 unspecified atom stereocenters. The Bertz CT molecular complexity index is 1070.